The van der Waals surface area contributed by atoms with Gasteiger partial charge >= 0.3 is 0 Å². The lowest BCUT2D eigenvalue weighted by Crippen LogP contribution is -2.27. The topological polar surface area (TPSA) is 69.7 Å². The number of rotatable bonds is 8. The number of pyridine rings is 1. The van der Waals surface area contributed by atoms with Crippen LogP contribution in [0, 0.1) is 0 Å². The van der Waals surface area contributed by atoms with Gasteiger partial charge < -0.3 is 19.5 Å². The number of hydrogen-bond donors (Lipinski definition) is 1. The van der Waals surface area contributed by atoms with Crippen LogP contribution in [-0.2, 0) is 9.47 Å². The van der Waals surface area contributed by atoms with Crippen LogP contribution in [0.4, 0.5) is 0 Å². The molecule has 0 aliphatic carbocycles. The van der Waals surface area contributed by atoms with E-state index in [1.54, 1.807) is 19.2 Å². The Kier molecular flexibility index (Phi) is 7.11. The molecule has 0 saturated carbocycles. The first kappa shape index (κ1) is 17.4. The molecule has 1 heterocycles. The van der Waals surface area contributed by atoms with Crippen molar-refractivity contribution < 1.29 is 19.0 Å². The minimum Gasteiger partial charge on any atom is -0.475 e. The Hall–Kier alpha value is -1.66. The van der Waals surface area contributed by atoms with E-state index in [0.717, 1.165) is 0 Å². The van der Waals surface area contributed by atoms with Crippen molar-refractivity contribution in [2.75, 3.05) is 33.5 Å². The SMILES string of the molecule is COCCNC(=O)c1ccc(OCCOC(C)(C)C)nc1. The van der Waals surface area contributed by atoms with Crippen molar-refractivity contribution in [1.82, 2.24) is 10.3 Å². The second kappa shape index (κ2) is 8.59. The molecule has 1 amide bonds. The molecule has 118 valence electrons. The highest BCUT2D eigenvalue weighted by Crippen LogP contribution is 2.09. The maximum absolute atomic E-state index is 11.7. The zero-order chi connectivity index (χ0) is 15.7. The van der Waals surface area contributed by atoms with Crippen molar-refractivity contribution in [1.29, 1.82) is 0 Å². The van der Waals surface area contributed by atoms with Gasteiger partial charge in [0.25, 0.3) is 5.91 Å². The lowest BCUT2D eigenvalue weighted by Gasteiger charge is -2.19. The van der Waals surface area contributed by atoms with E-state index >= 15 is 0 Å². The molecule has 0 bridgehead atoms. The molecular weight excluding hydrogens is 272 g/mol. The predicted molar refractivity (Wildman–Crippen MR) is 79.6 cm³/mol. The average molecular weight is 296 g/mol. The molecule has 0 atom stereocenters. The summed E-state index contributed by atoms with van der Waals surface area (Å²) in [5.41, 5.74) is 0.311. The van der Waals surface area contributed by atoms with Gasteiger partial charge in [0.15, 0.2) is 0 Å². The van der Waals surface area contributed by atoms with Crippen molar-refractivity contribution in [2.45, 2.75) is 26.4 Å². The van der Waals surface area contributed by atoms with Gasteiger partial charge in [0.1, 0.15) is 6.61 Å². The Balaban J connectivity index is 2.34. The fourth-order valence-electron chi connectivity index (χ4n) is 1.46. The van der Waals surface area contributed by atoms with Crippen molar-refractivity contribution in [3.63, 3.8) is 0 Å². The summed E-state index contributed by atoms with van der Waals surface area (Å²) in [7, 11) is 1.59. The molecule has 6 heteroatoms. The van der Waals surface area contributed by atoms with Crippen LogP contribution >= 0.6 is 0 Å². The summed E-state index contributed by atoms with van der Waals surface area (Å²) in [4.78, 5) is 15.8. The quantitative estimate of drug-likeness (QED) is 0.739. The lowest BCUT2D eigenvalue weighted by molar-refractivity contribution is -0.0168. The summed E-state index contributed by atoms with van der Waals surface area (Å²) >= 11 is 0. The van der Waals surface area contributed by atoms with E-state index < -0.39 is 0 Å². The first-order chi connectivity index (χ1) is 9.92. The largest absolute Gasteiger partial charge is 0.475 e. The third-order valence-corrected chi connectivity index (χ3v) is 2.46. The summed E-state index contributed by atoms with van der Waals surface area (Å²) in [6.45, 7) is 7.83. The van der Waals surface area contributed by atoms with Gasteiger partial charge in [0, 0.05) is 25.9 Å². The maximum atomic E-state index is 11.7. The van der Waals surface area contributed by atoms with E-state index in [0.29, 0.717) is 37.8 Å². The van der Waals surface area contributed by atoms with Crippen molar-refractivity contribution in [2.24, 2.45) is 0 Å². The van der Waals surface area contributed by atoms with E-state index in [-0.39, 0.29) is 11.5 Å². The zero-order valence-electron chi connectivity index (χ0n) is 13.1. The number of aromatic nitrogens is 1. The molecule has 1 aromatic rings. The number of methoxy groups -OCH3 is 1. The highest BCUT2D eigenvalue weighted by molar-refractivity contribution is 5.93. The van der Waals surface area contributed by atoms with Gasteiger partial charge in [-0.3, -0.25) is 4.79 Å². The van der Waals surface area contributed by atoms with Gasteiger partial charge in [-0.05, 0) is 26.8 Å². The van der Waals surface area contributed by atoms with Gasteiger partial charge in [0.2, 0.25) is 5.88 Å². The van der Waals surface area contributed by atoms with Crippen LogP contribution in [0.15, 0.2) is 18.3 Å². The van der Waals surface area contributed by atoms with E-state index in [9.17, 15) is 4.79 Å². The van der Waals surface area contributed by atoms with Gasteiger partial charge in [-0.15, -0.1) is 0 Å². The number of nitrogens with one attached hydrogen (secondary N) is 1. The Morgan fingerprint density at radius 2 is 2.00 bits per heavy atom. The van der Waals surface area contributed by atoms with Crippen LogP contribution in [0.3, 0.4) is 0 Å². The van der Waals surface area contributed by atoms with Crippen molar-refractivity contribution >= 4 is 5.91 Å². The monoisotopic (exact) mass is 296 g/mol. The van der Waals surface area contributed by atoms with Crippen LogP contribution in [0.1, 0.15) is 31.1 Å². The minimum absolute atomic E-state index is 0.179. The van der Waals surface area contributed by atoms with E-state index in [1.807, 2.05) is 20.8 Å². The summed E-state index contributed by atoms with van der Waals surface area (Å²) < 4.78 is 15.8. The lowest BCUT2D eigenvalue weighted by atomic mass is 10.2. The summed E-state index contributed by atoms with van der Waals surface area (Å²) in [6.07, 6.45) is 1.49. The molecule has 6 nitrogen and oxygen atoms in total. The molecule has 1 rings (SSSR count). The van der Waals surface area contributed by atoms with Gasteiger partial charge in [-0.1, -0.05) is 0 Å². The summed E-state index contributed by atoms with van der Waals surface area (Å²) in [5.74, 6) is 0.295. The van der Waals surface area contributed by atoms with E-state index in [1.165, 1.54) is 6.20 Å². The number of ether oxygens (including phenoxy) is 3. The fourth-order valence-corrected chi connectivity index (χ4v) is 1.46. The van der Waals surface area contributed by atoms with Crippen molar-refractivity contribution in [3.05, 3.63) is 23.9 Å². The first-order valence-electron chi connectivity index (χ1n) is 6.92. The Labute approximate surface area is 125 Å². The number of hydrogen-bond acceptors (Lipinski definition) is 5. The molecule has 0 aliphatic heterocycles. The second-order valence-electron chi connectivity index (χ2n) is 5.44. The molecule has 0 unspecified atom stereocenters. The van der Waals surface area contributed by atoms with Crippen LogP contribution < -0.4 is 10.1 Å². The number of nitrogens with zero attached hydrogens (tertiary/aromatic N) is 1. The second-order valence-corrected chi connectivity index (χ2v) is 5.44. The Morgan fingerprint density at radius 1 is 1.24 bits per heavy atom. The first-order valence-corrected chi connectivity index (χ1v) is 6.92. The molecule has 0 radical (unpaired) electrons. The van der Waals surface area contributed by atoms with Gasteiger partial charge in [-0.2, -0.15) is 0 Å². The van der Waals surface area contributed by atoms with Crippen LogP contribution in [0.25, 0.3) is 0 Å². The molecule has 1 N–H and O–H groups in total. The average Bonchev–Trinajstić information content (AvgIpc) is 2.43. The number of amides is 1. The highest BCUT2D eigenvalue weighted by Gasteiger charge is 2.10. The minimum atomic E-state index is -0.180. The third-order valence-electron chi connectivity index (χ3n) is 2.46. The third kappa shape index (κ3) is 7.63. The van der Waals surface area contributed by atoms with Crippen LogP contribution in [-0.4, -0.2) is 50.0 Å². The Morgan fingerprint density at radius 3 is 2.57 bits per heavy atom. The molecule has 0 spiro atoms. The standard InChI is InChI=1S/C15H24N2O4/c1-15(2,3)21-10-9-20-13-6-5-12(11-17-13)14(18)16-7-8-19-4/h5-6,11H,7-10H2,1-4H3,(H,16,18). The normalized spacial score (nSPS) is 11.2. The van der Waals surface area contributed by atoms with E-state index in [4.69, 9.17) is 14.2 Å². The van der Waals surface area contributed by atoms with E-state index in [2.05, 4.69) is 10.3 Å². The van der Waals surface area contributed by atoms with Gasteiger partial charge in [-0.25, -0.2) is 4.98 Å². The summed E-state index contributed by atoms with van der Waals surface area (Å²) in [5, 5.41) is 2.72. The maximum Gasteiger partial charge on any atom is 0.252 e. The fraction of sp³-hybridized carbons (Fsp3) is 0.600. The smallest absolute Gasteiger partial charge is 0.252 e. The van der Waals surface area contributed by atoms with Crippen LogP contribution in [0.5, 0.6) is 5.88 Å². The molecule has 0 aliphatic rings. The molecule has 21 heavy (non-hydrogen) atoms. The molecule has 1 aromatic heterocycles. The molecule has 0 saturated heterocycles. The Bertz CT molecular complexity index is 426. The highest BCUT2D eigenvalue weighted by atomic mass is 16.5. The van der Waals surface area contributed by atoms with Crippen molar-refractivity contribution in [3.8, 4) is 5.88 Å². The molecule has 0 aromatic carbocycles. The number of carbonyl (C=O) groups excluding carboxylic acids is 1. The van der Waals surface area contributed by atoms with Crippen LogP contribution in [0.2, 0.25) is 0 Å². The number of carbonyl (C=O) groups is 1. The predicted octanol–water partition coefficient (Wildman–Crippen LogP) is 1.65. The zero-order valence-corrected chi connectivity index (χ0v) is 13.1. The molecular formula is C15H24N2O4. The molecule has 0 fully saturated rings. The summed E-state index contributed by atoms with van der Waals surface area (Å²) in [6, 6.07) is 3.34. The van der Waals surface area contributed by atoms with Gasteiger partial charge in [0.05, 0.1) is 24.4 Å².